The van der Waals surface area contributed by atoms with Gasteiger partial charge in [-0.05, 0) is 49.5 Å². The second kappa shape index (κ2) is 16.3. The Balaban J connectivity index is 5.44. The minimum Gasteiger partial charge on any atom is -0.480 e. The Bertz CT molecular complexity index is 703. The predicted molar refractivity (Wildman–Crippen MR) is 132 cm³/mol. The number of nitrogens with two attached hydrogens (primary N) is 2. The molecule has 34 heavy (non-hydrogen) atoms. The Hall–Kier alpha value is -2.34. The molecule has 4 atom stereocenters. The van der Waals surface area contributed by atoms with Gasteiger partial charge in [0.1, 0.15) is 18.1 Å². The molecule has 0 rings (SSSR count). The third-order valence-corrected chi connectivity index (χ3v) is 5.59. The first-order valence-electron chi connectivity index (χ1n) is 11.4. The van der Waals surface area contributed by atoms with Crippen LogP contribution in [0.3, 0.4) is 0 Å². The summed E-state index contributed by atoms with van der Waals surface area (Å²) < 4.78 is 0. The molecule has 12 heteroatoms. The van der Waals surface area contributed by atoms with Crippen LogP contribution in [-0.4, -0.2) is 70.9 Å². The molecule has 11 nitrogen and oxygen atoms in total. The quantitative estimate of drug-likeness (QED) is 0.159. The van der Waals surface area contributed by atoms with Crippen LogP contribution < -0.4 is 27.4 Å². The number of aliphatic carboxylic acids is 1. The fourth-order valence-corrected chi connectivity index (χ4v) is 3.62. The number of carbonyl (C=O) groups excluding carboxylic acids is 4. The molecule has 4 amide bonds. The molecule has 0 aliphatic rings. The number of carboxylic acid groups (broad SMARTS) is 1. The molecule has 8 N–H and O–H groups in total. The maximum absolute atomic E-state index is 13.0. The lowest BCUT2D eigenvalue weighted by Crippen LogP contribution is -2.57. The first-order chi connectivity index (χ1) is 15.8. The van der Waals surface area contributed by atoms with E-state index in [4.69, 9.17) is 11.5 Å². The Kier molecular flexibility index (Phi) is 15.2. The molecule has 4 unspecified atom stereocenters. The second-order valence-electron chi connectivity index (χ2n) is 9.17. The van der Waals surface area contributed by atoms with E-state index in [2.05, 4.69) is 16.0 Å². The summed E-state index contributed by atoms with van der Waals surface area (Å²) in [5.74, 6) is -2.85. The molecule has 0 bridgehead atoms. The molecule has 196 valence electrons. The Morgan fingerprint density at radius 2 is 1.26 bits per heavy atom. The molecule has 0 aliphatic heterocycles. The monoisotopic (exact) mass is 503 g/mol. The van der Waals surface area contributed by atoms with Crippen molar-refractivity contribution in [1.82, 2.24) is 16.0 Å². The van der Waals surface area contributed by atoms with Crippen LogP contribution in [0.15, 0.2) is 0 Å². The number of amides is 4. The minimum atomic E-state index is -1.15. The van der Waals surface area contributed by atoms with Crippen LogP contribution in [-0.2, 0) is 24.0 Å². The summed E-state index contributed by atoms with van der Waals surface area (Å²) in [4.78, 5) is 60.8. The Morgan fingerprint density at radius 1 is 0.794 bits per heavy atom. The molecule has 0 aliphatic carbocycles. The number of carboxylic acids is 1. The van der Waals surface area contributed by atoms with Gasteiger partial charge in [0.2, 0.25) is 23.6 Å². The van der Waals surface area contributed by atoms with Crippen LogP contribution in [0.1, 0.15) is 59.8 Å². The van der Waals surface area contributed by atoms with Crippen molar-refractivity contribution in [2.75, 3.05) is 12.0 Å². The topological polar surface area (TPSA) is 194 Å². The lowest BCUT2D eigenvalue weighted by molar-refractivity contribution is -0.143. The van der Waals surface area contributed by atoms with Crippen LogP contribution in [0.25, 0.3) is 0 Å². The molecule has 0 heterocycles. The Labute approximate surface area is 205 Å². The van der Waals surface area contributed by atoms with E-state index in [1.807, 2.05) is 34.0 Å². The Morgan fingerprint density at radius 3 is 1.74 bits per heavy atom. The highest BCUT2D eigenvalue weighted by Crippen LogP contribution is 2.10. The molecule has 0 radical (unpaired) electrons. The van der Waals surface area contributed by atoms with E-state index in [9.17, 15) is 29.1 Å². The van der Waals surface area contributed by atoms with Crippen LogP contribution in [0.5, 0.6) is 0 Å². The van der Waals surface area contributed by atoms with Crippen LogP contribution in [0, 0.1) is 11.8 Å². The zero-order valence-corrected chi connectivity index (χ0v) is 21.6. The molecular formula is C22H41N5O6S. The molecule has 0 aromatic heterocycles. The third-order valence-electron chi connectivity index (χ3n) is 4.94. The van der Waals surface area contributed by atoms with E-state index < -0.39 is 53.8 Å². The molecule has 0 spiro atoms. The van der Waals surface area contributed by atoms with E-state index >= 15 is 0 Å². The summed E-state index contributed by atoms with van der Waals surface area (Å²) in [6, 6.07) is -4.01. The molecule has 0 saturated carbocycles. The van der Waals surface area contributed by atoms with Crippen LogP contribution >= 0.6 is 11.8 Å². The van der Waals surface area contributed by atoms with Gasteiger partial charge in [-0.3, -0.25) is 19.2 Å². The van der Waals surface area contributed by atoms with Crippen molar-refractivity contribution in [3.05, 3.63) is 0 Å². The van der Waals surface area contributed by atoms with E-state index in [0.717, 1.165) is 0 Å². The van der Waals surface area contributed by atoms with Crippen molar-refractivity contribution < 1.29 is 29.1 Å². The number of hydrogen-bond acceptors (Lipinski definition) is 7. The first kappa shape index (κ1) is 31.7. The van der Waals surface area contributed by atoms with Gasteiger partial charge in [-0.1, -0.05) is 27.7 Å². The fourth-order valence-electron chi connectivity index (χ4n) is 3.15. The summed E-state index contributed by atoms with van der Waals surface area (Å²) in [6.07, 6.45) is 2.66. The average molecular weight is 504 g/mol. The molecule has 0 saturated heterocycles. The zero-order chi connectivity index (χ0) is 26.4. The van der Waals surface area contributed by atoms with Gasteiger partial charge in [0.25, 0.3) is 0 Å². The maximum Gasteiger partial charge on any atom is 0.326 e. The summed E-state index contributed by atoms with van der Waals surface area (Å²) in [6.45, 7) is 7.45. The van der Waals surface area contributed by atoms with Crippen molar-refractivity contribution >= 4 is 41.4 Å². The predicted octanol–water partition coefficient (Wildman–Crippen LogP) is -0.0365. The van der Waals surface area contributed by atoms with Gasteiger partial charge >= 0.3 is 5.97 Å². The lowest BCUT2D eigenvalue weighted by Gasteiger charge is -2.26. The van der Waals surface area contributed by atoms with Gasteiger partial charge in [0.15, 0.2) is 0 Å². The standard InChI is InChI=1S/C22H41N5O6S/c1-12(2)10-16(21(31)27-17(22(32)33)11-13(3)4)26-20(30)15(8-9-34-5)25-19(29)14(23)6-7-18(24)28/h12-17H,6-11,23H2,1-5H3,(H2,24,28)(H,25,29)(H,26,30)(H,27,31)(H,32,33). The van der Waals surface area contributed by atoms with E-state index in [1.54, 1.807) is 0 Å². The van der Waals surface area contributed by atoms with Crippen molar-refractivity contribution in [2.24, 2.45) is 23.3 Å². The lowest BCUT2D eigenvalue weighted by atomic mass is 10.00. The number of primary amides is 1. The van der Waals surface area contributed by atoms with Crippen molar-refractivity contribution in [1.29, 1.82) is 0 Å². The molecular weight excluding hydrogens is 462 g/mol. The van der Waals surface area contributed by atoms with Crippen LogP contribution in [0.4, 0.5) is 0 Å². The van der Waals surface area contributed by atoms with Gasteiger partial charge in [0, 0.05) is 6.42 Å². The zero-order valence-electron chi connectivity index (χ0n) is 20.8. The largest absolute Gasteiger partial charge is 0.480 e. The van der Waals surface area contributed by atoms with Crippen molar-refractivity contribution in [3.63, 3.8) is 0 Å². The van der Waals surface area contributed by atoms with Gasteiger partial charge in [-0.2, -0.15) is 11.8 Å². The highest BCUT2D eigenvalue weighted by Gasteiger charge is 2.30. The summed E-state index contributed by atoms with van der Waals surface area (Å²) in [5, 5.41) is 17.2. The van der Waals surface area contributed by atoms with Gasteiger partial charge < -0.3 is 32.5 Å². The van der Waals surface area contributed by atoms with E-state index in [0.29, 0.717) is 12.2 Å². The maximum atomic E-state index is 13.0. The van der Waals surface area contributed by atoms with E-state index in [1.165, 1.54) is 11.8 Å². The number of nitrogens with one attached hydrogen (secondary N) is 3. The SMILES string of the molecule is CSCCC(NC(=O)C(N)CCC(N)=O)C(=O)NC(CC(C)C)C(=O)NC(CC(C)C)C(=O)O. The molecule has 0 fully saturated rings. The minimum absolute atomic E-state index is 0.0332. The van der Waals surface area contributed by atoms with Crippen molar-refractivity contribution in [3.8, 4) is 0 Å². The van der Waals surface area contributed by atoms with Crippen molar-refractivity contribution in [2.45, 2.75) is 84.0 Å². The third kappa shape index (κ3) is 13.4. The highest BCUT2D eigenvalue weighted by molar-refractivity contribution is 7.98. The second-order valence-corrected chi connectivity index (χ2v) is 10.2. The molecule has 0 aromatic carbocycles. The van der Waals surface area contributed by atoms with Crippen LogP contribution in [0.2, 0.25) is 0 Å². The van der Waals surface area contributed by atoms with E-state index in [-0.39, 0.29) is 37.5 Å². The highest BCUT2D eigenvalue weighted by atomic mass is 32.2. The fraction of sp³-hybridized carbons (Fsp3) is 0.773. The van der Waals surface area contributed by atoms with Gasteiger partial charge in [-0.25, -0.2) is 4.79 Å². The molecule has 0 aromatic rings. The van der Waals surface area contributed by atoms with Gasteiger partial charge in [-0.15, -0.1) is 0 Å². The normalized spacial score (nSPS) is 14.7. The number of thioether (sulfide) groups is 1. The van der Waals surface area contributed by atoms with Gasteiger partial charge in [0.05, 0.1) is 6.04 Å². The smallest absolute Gasteiger partial charge is 0.326 e. The number of rotatable bonds is 17. The summed E-state index contributed by atoms with van der Waals surface area (Å²) in [5.41, 5.74) is 10.9. The summed E-state index contributed by atoms with van der Waals surface area (Å²) in [7, 11) is 0. The number of hydrogen-bond donors (Lipinski definition) is 6. The summed E-state index contributed by atoms with van der Waals surface area (Å²) >= 11 is 1.48. The number of carbonyl (C=O) groups is 5. The first-order valence-corrected chi connectivity index (χ1v) is 12.8. The average Bonchev–Trinajstić information content (AvgIpc) is 2.72.